The molecule has 104 valence electrons. The molecule has 0 rings (SSSR count). The van der Waals surface area contributed by atoms with Crippen molar-refractivity contribution in [2.45, 2.75) is 58.3 Å². The number of carbonyl (C=O) groups excluding carboxylic acids is 2. The summed E-state index contributed by atoms with van der Waals surface area (Å²) < 4.78 is 4.44. The molecule has 1 N–H and O–H groups in total. The standard InChI is InChI=1S/C14H25NO3/c1-4-5-6-7-8-9-10-11-13(16)15-12(2)14(17)18-3/h2,4-11H2,1,3H3,(H,15,16). The molecule has 0 bridgehead atoms. The van der Waals surface area contributed by atoms with Gasteiger partial charge in [0.2, 0.25) is 5.91 Å². The zero-order valence-electron chi connectivity index (χ0n) is 11.6. The fourth-order valence-electron chi connectivity index (χ4n) is 1.65. The highest BCUT2D eigenvalue weighted by Gasteiger charge is 2.09. The number of amides is 1. The molecular weight excluding hydrogens is 230 g/mol. The van der Waals surface area contributed by atoms with Crippen LogP contribution in [0.3, 0.4) is 0 Å². The maximum absolute atomic E-state index is 11.4. The third-order valence-corrected chi connectivity index (χ3v) is 2.73. The van der Waals surface area contributed by atoms with E-state index in [0.29, 0.717) is 6.42 Å². The molecule has 0 saturated heterocycles. The number of ether oxygens (including phenoxy) is 1. The quantitative estimate of drug-likeness (QED) is 0.371. The second-order valence-corrected chi connectivity index (χ2v) is 4.39. The molecule has 0 unspecified atom stereocenters. The minimum Gasteiger partial charge on any atom is -0.464 e. The van der Waals surface area contributed by atoms with Crippen molar-refractivity contribution < 1.29 is 14.3 Å². The summed E-state index contributed by atoms with van der Waals surface area (Å²) in [5.41, 5.74) is 0.00504. The van der Waals surface area contributed by atoms with Gasteiger partial charge >= 0.3 is 5.97 Å². The van der Waals surface area contributed by atoms with Gasteiger partial charge in [0, 0.05) is 6.42 Å². The third-order valence-electron chi connectivity index (χ3n) is 2.73. The van der Waals surface area contributed by atoms with Crippen molar-refractivity contribution in [3.8, 4) is 0 Å². The highest BCUT2D eigenvalue weighted by Crippen LogP contribution is 2.08. The molecule has 4 heteroatoms. The third kappa shape index (κ3) is 8.79. The van der Waals surface area contributed by atoms with Gasteiger partial charge in [-0.05, 0) is 6.42 Å². The van der Waals surface area contributed by atoms with Crippen molar-refractivity contribution in [3.63, 3.8) is 0 Å². The van der Waals surface area contributed by atoms with E-state index in [4.69, 9.17) is 0 Å². The Morgan fingerprint density at radius 3 is 2.17 bits per heavy atom. The predicted octanol–water partition coefficient (Wildman–Crippen LogP) is 2.93. The maximum atomic E-state index is 11.4. The van der Waals surface area contributed by atoms with Gasteiger partial charge in [-0.15, -0.1) is 0 Å². The van der Waals surface area contributed by atoms with Crippen molar-refractivity contribution >= 4 is 11.9 Å². The van der Waals surface area contributed by atoms with E-state index in [-0.39, 0.29) is 11.6 Å². The van der Waals surface area contributed by atoms with Gasteiger partial charge in [0.25, 0.3) is 0 Å². The van der Waals surface area contributed by atoms with E-state index in [9.17, 15) is 9.59 Å². The zero-order chi connectivity index (χ0) is 13.8. The van der Waals surface area contributed by atoms with E-state index >= 15 is 0 Å². The molecule has 0 heterocycles. The highest BCUT2D eigenvalue weighted by atomic mass is 16.5. The van der Waals surface area contributed by atoms with Gasteiger partial charge < -0.3 is 10.1 Å². The van der Waals surface area contributed by atoms with Crippen LogP contribution >= 0.6 is 0 Å². The molecule has 0 aliphatic carbocycles. The summed E-state index contributed by atoms with van der Waals surface area (Å²) in [5, 5.41) is 2.43. The van der Waals surface area contributed by atoms with Crippen LogP contribution in [-0.2, 0) is 14.3 Å². The molecule has 1 amide bonds. The predicted molar refractivity (Wildman–Crippen MR) is 71.9 cm³/mol. The van der Waals surface area contributed by atoms with Crippen LogP contribution in [0, 0.1) is 0 Å². The van der Waals surface area contributed by atoms with E-state index in [0.717, 1.165) is 12.8 Å². The van der Waals surface area contributed by atoms with Crippen LogP contribution in [0.5, 0.6) is 0 Å². The monoisotopic (exact) mass is 255 g/mol. The van der Waals surface area contributed by atoms with Crippen molar-refractivity contribution in [2.75, 3.05) is 7.11 Å². The molecule has 0 aliphatic rings. The Hall–Kier alpha value is -1.32. The van der Waals surface area contributed by atoms with Gasteiger partial charge in [-0.3, -0.25) is 4.79 Å². The van der Waals surface area contributed by atoms with Gasteiger partial charge in [-0.1, -0.05) is 52.0 Å². The van der Waals surface area contributed by atoms with E-state index in [1.165, 1.54) is 39.2 Å². The van der Waals surface area contributed by atoms with Crippen molar-refractivity contribution in [3.05, 3.63) is 12.3 Å². The molecule has 0 aromatic heterocycles. The van der Waals surface area contributed by atoms with Crippen LogP contribution in [-0.4, -0.2) is 19.0 Å². The summed E-state index contributed by atoms with van der Waals surface area (Å²) in [6, 6.07) is 0. The molecular formula is C14H25NO3. The van der Waals surface area contributed by atoms with Crippen LogP contribution < -0.4 is 5.32 Å². The van der Waals surface area contributed by atoms with Crippen LogP contribution in [0.2, 0.25) is 0 Å². The first-order valence-corrected chi connectivity index (χ1v) is 6.68. The summed E-state index contributed by atoms with van der Waals surface area (Å²) in [4.78, 5) is 22.4. The van der Waals surface area contributed by atoms with E-state index in [1.807, 2.05) is 0 Å². The summed E-state index contributed by atoms with van der Waals surface area (Å²) in [6.45, 7) is 5.63. The van der Waals surface area contributed by atoms with E-state index in [2.05, 4.69) is 23.6 Å². The Balaban J connectivity index is 3.48. The lowest BCUT2D eigenvalue weighted by molar-refractivity contribution is -0.137. The molecule has 0 aromatic carbocycles. The molecule has 0 fully saturated rings. The van der Waals surface area contributed by atoms with Crippen molar-refractivity contribution in [2.24, 2.45) is 0 Å². The van der Waals surface area contributed by atoms with Crippen molar-refractivity contribution in [1.82, 2.24) is 5.32 Å². The number of hydrogen-bond acceptors (Lipinski definition) is 3. The lowest BCUT2D eigenvalue weighted by Crippen LogP contribution is -2.27. The van der Waals surface area contributed by atoms with E-state index in [1.54, 1.807) is 0 Å². The van der Waals surface area contributed by atoms with Gasteiger partial charge in [-0.25, -0.2) is 4.79 Å². The largest absolute Gasteiger partial charge is 0.464 e. The average molecular weight is 255 g/mol. The van der Waals surface area contributed by atoms with Crippen LogP contribution in [0.1, 0.15) is 58.3 Å². The molecule has 0 saturated carbocycles. The van der Waals surface area contributed by atoms with Crippen LogP contribution in [0.15, 0.2) is 12.3 Å². The molecule has 0 spiro atoms. The second kappa shape index (κ2) is 10.8. The minimum atomic E-state index is -0.595. The SMILES string of the molecule is C=C(NC(=O)CCCCCCCCC)C(=O)OC. The maximum Gasteiger partial charge on any atom is 0.353 e. The number of methoxy groups -OCH3 is 1. The van der Waals surface area contributed by atoms with Gasteiger partial charge in [0.15, 0.2) is 0 Å². The number of nitrogens with one attached hydrogen (secondary N) is 1. The number of rotatable bonds is 10. The van der Waals surface area contributed by atoms with Gasteiger partial charge in [0.05, 0.1) is 7.11 Å². The Morgan fingerprint density at radius 2 is 1.61 bits per heavy atom. The molecule has 0 aliphatic heterocycles. The molecule has 0 aromatic rings. The molecule has 0 radical (unpaired) electrons. The van der Waals surface area contributed by atoms with Gasteiger partial charge in [0.1, 0.15) is 5.70 Å². The molecule has 4 nitrogen and oxygen atoms in total. The lowest BCUT2D eigenvalue weighted by atomic mass is 10.1. The van der Waals surface area contributed by atoms with Crippen LogP contribution in [0.25, 0.3) is 0 Å². The normalized spacial score (nSPS) is 9.89. The second-order valence-electron chi connectivity index (χ2n) is 4.39. The number of carbonyl (C=O) groups is 2. The summed E-state index contributed by atoms with van der Waals surface area (Å²) >= 11 is 0. The Labute approximate surface area is 110 Å². The fourth-order valence-corrected chi connectivity index (χ4v) is 1.65. The Morgan fingerprint density at radius 1 is 1.06 bits per heavy atom. The zero-order valence-corrected chi connectivity index (χ0v) is 11.6. The Bertz CT molecular complexity index is 274. The van der Waals surface area contributed by atoms with Gasteiger partial charge in [-0.2, -0.15) is 0 Å². The molecule has 18 heavy (non-hydrogen) atoms. The first-order chi connectivity index (χ1) is 8.61. The smallest absolute Gasteiger partial charge is 0.353 e. The highest BCUT2D eigenvalue weighted by molar-refractivity contribution is 5.93. The lowest BCUT2D eigenvalue weighted by Gasteiger charge is -2.06. The average Bonchev–Trinajstić information content (AvgIpc) is 2.36. The number of esters is 1. The summed E-state index contributed by atoms with van der Waals surface area (Å²) in [7, 11) is 1.26. The summed E-state index contributed by atoms with van der Waals surface area (Å²) in [5.74, 6) is -0.762. The first kappa shape index (κ1) is 16.7. The number of unbranched alkanes of at least 4 members (excludes halogenated alkanes) is 6. The van der Waals surface area contributed by atoms with Crippen LogP contribution in [0.4, 0.5) is 0 Å². The number of hydrogen-bond donors (Lipinski definition) is 1. The minimum absolute atomic E-state index is 0.00504. The molecule has 0 atom stereocenters. The summed E-state index contributed by atoms with van der Waals surface area (Å²) in [6.07, 6.45) is 8.58. The van der Waals surface area contributed by atoms with Crippen molar-refractivity contribution in [1.29, 1.82) is 0 Å². The fraction of sp³-hybridized carbons (Fsp3) is 0.714. The topological polar surface area (TPSA) is 55.4 Å². The van der Waals surface area contributed by atoms with E-state index < -0.39 is 5.97 Å². The first-order valence-electron chi connectivity index (χ1n) is 6.68. The Kier molecular flexibility index (Phi) is 10.0.